The number of benzene rings is 1. The second-order valence-electron chi connectivity index (χ2n) is 7.52. The van der Waals surface area contributed by atoms with Crippen LogP contribution < -0.4 is 15.4 Å². The van der Waals surface area contributed by atoms with E-state index in [0.717, 1.165) is 12.1 Å². The number of carbonyl (C=O) groups excluding carboxylic acids is 3. The number of methoxy groups -OCH3 is 1. The number of amides is 2. The lowest BCUT2D eigenvalue weighted by molar-refractivity contribution is -0.118. The van der Waals surface area contributed by atoms with Crippen molar-refractivity contribution < 1.29 is 27.9 Å². The molecule has 0 atom stereocenters. The van der Waals surface area contributed by atoms with E-state index in [-0.39, 0.29) is 22.7 Å². The first-order valence-electron chi connectivity index (χ1n) is 8.74. The highest BCUT2D eigenvalue weighted by molar-refractivity contribution is 6.43. The van der Waals surface area contributed by atoms with Crippen LogP contribution in [-0.4, -0.2) is 34.8 Å². The van der Waals surface area contributed by atoms with Crippen molar-refractivity contribution in [2.75, 3.05) is 12.4 Å². The van der Waals surface area contributed by atoms with E-state index in [1.54, 1.807) is 27.7 Å². The van der Waals surface area contributed by atoms with Crippen molar-refractivity contribution in [1.29, 1.82) is 0 Å². The van der Waals surface area contributed by atoms with Gasteiger partial charge < -0.3 is 19.9 Å². The smallest absolute Gasteiger partial charge is 0.294 e. The third-order valence-corrected chi connectivity index (χ3v) is 4.16. The summed E-state index contributed by atoms with van der Waals surface area (Å²) >= 11 is 0. The molecule has 2 amide bonds. The van der Waals surface area contributed by atoms with Gasteiger partial charge in [0.1, 0.15) is 11.3 Å². The molecule has 9 heteroatoms. The Balaban J connectivity index is 2.44. The summed E-state index contributed by atoms with van der Waals surface area (Å²) in [7, 11) is 2.78. The van der Waals surface area contributed by atoms with Crippen LogP contribution >= 0.6 is 0 Å². The Kier molecular flexibility index (Phi) is 6.10. The Morgan fingerprint density at radius 1 is 1.10 bits per heavy atom. The minimum atomic E-state index is -1.12. The quantitative estimate of drug-likeness (QED) is 0.589. The van der Waals surface area contributed by atoms with Gasteiger partial charge in [0.05, 0.1) is 7.11 Å². The predicted molar refractivity (Wildman–Crippen MR) is 103 cm³/mol. The number of carbonyl (C=O) groups is 3. The standard InChI is InChI=1S/C20H23F2N3O4/c1-10-14(18(27)23-11-7-8-12(21)13(22)9-11)17(29-6)15(25(10)5)16(26)19(28)24-20(2,3)4/h7-9H,1-6H3,(H,23,27)(H,24,28). The SMILES string of the molecule is COc1c(C(=O)Nc2ccc(F)c(F)c2)c(C)n(C)c1C(=O)C(=O)NC(C)(C)C. The molecule has 1 aromatic carbocycles. The fraction of sp³-hybridized carbons (Fsp3) is 0.350. The first-order chi connectivity index (χ1) is 13.4. The van der Waals surface area contributed by atoms with Crippen LogP contribution in [0.25, 0.3) is 0 Å². The molecule has 0 saturated heterocycles. The van der Waals surface area contributed by atoms with Gasteiger partial charge in [-0.1, -0.05) is 0 Å². The van der Waals surface area contributed by atoms with Crippen molar-refractivity contribution in [2.24, 2.45) is 7.05 Å². The molecular weight excluding hydrogens is 384 g/mol. The van der Waals surface area contributed by atoms with Gasteiger partial charge in [-0.3, -0.25) is 14.4 Å². The van der Waals surface area contributed by atoms with Crippen molar-refractivity contribution >= 4 is 23.3 Å². The minimum absolute atomic E-state index is 0.00615. The summed E-state index contributed by atoms with van der Waals surface area (Å²) in [4.78, 5) is 37.8. The molecule has 0 spiro atoms. The first-order valence-corrected chi connectivity index (χ1v) is 8.74. The van der Waals surface area contributed by atoms with Crippen LogP contribution in [0.2, 0.25) is 0 Å². The van der Waals surface area contributed by atoms with Crippen molar-refractivity contribution in [2.45, 2.75) is 33.2 Å². The van der Waals surface area contributed by atoms with Crippen LogP contribution in [0.4, 0.5) is 14.5 Å². The lowest BCUT2D eigenvalue weighted by atomic mass is 10.1. The molecule has 0 radical (unpaired) electrons. The zero-order valence-corrected chi connectivity index (χ0v) is 17.1. The van der Waals surface area contributed by atoms with Gasteiger partial charge in [-0.15, -0.1) is 0 Å². The number of ketones is 1. The number of Topliss-reactive ketones (excluding diaryl/α,β-unsaturated/α-hetero) is 1. The molecule has 2 aromatic rings. The zero-order chi connectivity index (χ0) is 22.1. The van der Waals surface area contributed by atoms with Crippen molar-refractivity contribution in [1.82, 2.24) is 9.88 Å². The van der Waals surface area contributed by atoms with Crippen molar-refractivity contribution in [3.63, 3.8) is 0 Å². The lowest BCUT2D eigenvalue weighted by Crippen LogP contribution is -2.44. The number of anilines is 1. The number of halogens is 2. The maximum Gasteiger partial charge on any atom is 0.294 e. The highest BCUT2D eigenvalue weighted by atomic mass is 19.2. The summed E-state index contributed by atoms with van der Waals surface area (Å²) in [6, 6.07) is 2.91. The third-order valence-electron chi connectivity index (χ3n) is 4.16. The van der Waals surface area contributed by atoms with Gasteiger partial charge in [0.25, 0.3) is 17.6 Å². The maximum atomic E-state index is 13.4. The highest BCUT2D eigenvalue weighted by Gasteiger charge is 2.33. The van der Waals surface area contributed by atoms with E-state index in [9.17, 15) is 23.2 Å². The summed E-state index contributed by atoms with van der Waals surface area (Å²) < 4.78 is 33.1. The molecule has 2 N–H and O–H groups in total. The van der Waals surface area contributed by atoms with Crippen LogP contribution in [0.15, 0.2) is 18.2 Å². The molecule has 0 aliphatic heterocycles. The second kappa shape index (κ2) is 8.02. The highest BCUT2D eigenvalue weighted by Crippen LogP contribution is 2.31. The number of hydrogen-bond donors (Lipinski definition) is 2. The van der Waals surface area contributed by atoms with E-state index in [1.165, 1.54) is 24.8 Å². The molecule has 0 aliphatic carbocycles. The molecule has 0 fully saturated rings. The van der Waals surface area contributed by atoms with Gasteiger partial charge in [-0.25, -0.2) is 8.78 Å². The number of nitrogens with zero attached hydrogens (tertiary/aromatic N) is 1. The Morgan fingerprint density at radius 3 is 2.24 bits per heavy atom. The molecule has 2 rings (SSSR count). The first kappa shape index (κ1) is 22.1. The zero-order valence-electron chi connectivity index (χ0n) is 17.1. The van der Waals surface area contributed by atoms with E-state index in [1.807, 2.05) is 0 Å². The van der Waals surface area contributed by atoms with E-state index in [2.05, 4.69) is 10.6 Å². The average molecular weight is 407 g/mol. The van der Waals surface area contributed by atoms with Gasteiger partial charge in [-0.05, 0) is 39.8 Å². The summed E-state index contributed by atoms with van der Waals surface area (Å²) in [6.45, 7) is 6.76. The van der Waals surface area contributed by atoms with Crippen LogP contribution in [-0.2, 0) is 11.8 Å². The maximum absolute atomic E-state index is 13.4. The number of ether oxygens (including phenoxy) is 1. The molecule has 29 heavy (non-hydrogen) atoms. The third kappa shape index (κ3) is 4.61. The lowest BCUT2D eigenvalue weighted by Gasteiger charge is -2.20. The van der Waals surface area contributed by atoms with Crippen LogP contribution in [0.1, 0.15) is 47.3 Å². The molecule has 0 unspecified atom stereocenters. The van der Waals surface area contributed by atoms with Crippen LogP contribution in [0, 0.1) is 18.6 Å². The molecule has 0 saturated carbocycles. The van der Waals surface area contributed by atoms with E-state index in [4.69, 9.17) is 4.74 Å². The Morgan fingerprint density at radius 2 is 1.72 bits per heavy atom. The molecule has 1 aromatic heterocycles. The fourth-order valence-electron chi connectivity index (χ4n) is 2.76. The van der Waals surface area contributed by atoms with Crippen LogP contribution in [0.3, 0.4) is 0 Å². The van der Waals surface area contributed by atoms with Gasteiger partial charge in [0.15, 0.2) is 17.4 Å². The summed E-state index contributed by atoms with van der Waals surface area (Å²) in [6.07, 6.45) is 0. The normalized spacial score (nSPS) is 11.2. The summed E-state index contributed by atoms with van der Waals surface area (Å²) in [5, 5.41) is 5.01. The largest absolute Gasteiger partial charge is 0.493 e. The molecular formula is C20H23F2N3O4. The molecule has 156 valence electrons. The number of hydrogen-bond acceptors (Lipinski definition) is 4. The predicted octanol–water partition coefficient (Wildman–Crippen LogP) is 2.97. The monoisotopic (exact) mass is 407 g/mol. The Hall–Kier alpha value is -3.23. The molecule has 7 nitrogen and oxygen atoms in total. The topological polar surface area (TPSA) is 89.4 Å². The van der Waals surface area contributed by atoms with Gasteiger partial charge in [0.2, 0.25) is 0 Å². The van der Waals surface area contributed by atoms with E-state index in [0.29, 0.717) is 5.69 Å². The number of nitrogens with one attached hydrogen (secondary N) is 2. The fourth-order valence-corrected chi connectivity index (χ4v) is 2.76. The summed E-state index contributed by atoms with van der Waals surface area (Å²) in [5.41, 5.74) is -0.340. The van der Waals surface area contributed by atoms with Gasteiger partial charge in [0, 0.05) is 30.0 Å². The summed E-state index contributed by atoms with van der Waals surface area (Å²) in [5.74, 6) is -4.66. The molecule has 0 aliphatic rings. The Bertz CT molecular complexity index is 991. The molecule has 0 bridgehead atoms. The number of aromatic nitrogens is 1. The van der Waals surface area contributed by atoms with Gasteiger partial charge >= 0.3 is 0 Å². The number of rotatable bonds is 5. The van der Waals surface area contributed by atoms with Crippen molar-refractivity contribution in [3.8, 4) is 5.75 Å². The average Bonchev–Trinajstić information content (AvgIpc) is 2.86. The Labute approximate surface area is 167 Å². The second-order valence-corrected chi connectivity index (χ2v) is 7.52. The van der Waals surface area contributed by atoms with E-state index >= 15 is 0 Å². The van der Waals surface area contributed by atoms with E-state index < -0.39 is 34.8 Å². The van der Waals surface area contributed by atoms with Crippen LogP contribution in [0.5, 0.6) is 5.75 Å². The van der Waals surface area contributed by atoms with Crippen molar-refractivity contribution in [3.05, 3.63) is 46.8 Å². The van der Waals surface area contributed by atoms with Gasteiger partial charge in [-0.2, -0.15) is 0 Å². The molecule has 1 heterocycles. The minimum Gasteiger partial charge on any atom is -0.493 e.